The lowest BCUT2D eigenvalue weighted by atomic mass is 9.44. The number of carbonyl (C=O) groups is 4. The molecule has 0 aromatic carbocycles. The first-order valence-electron chi connectivity index (χ1n) is 11.0. The van der Waals surface area contributed by atoms with Crippen LogP contribution in [-0.4, -0.2) is 40.6 Å². The minimum atomic E-state index is -1.63. The van der Waals surface area contributed by atoms with Gasteiger partial charge in [-0.25, -0.2) is 0 Å². The van der Waals surface area contributed by atoms with Gasteiger partial charge in [0.2, 0.25) is 5.78 Å². The molecule has 0 aliphatic heterocycles. The van der Waals surface area contributed by atoms with E-state index in [4.69, 9.17) is 4.74 Å². The summed E-state index contributed by atoms with van der Waals surface area (Å²) in [6.07, 6.45) is 4.90. The predicted molar refractivity (Wildman–Crippen MR) is 104 cm³/mol. The summed E-state index contributed by atoms with van der Waals surface area (Å²) >= 11 is 0. The third-order valence-electron chi connectivity index (χ3n) is 9.19. The summed E-state index contributed by atoms with van der Waals surface area (Å²) in [5.41, 5.74) is -2.61. The Morgan fingerprint density at radius 3 is 2.55 bits per heavy atom. The molecule has 0 aromatic rings. The molecule has 7 atom stereocenters. The molecule has 0 heterocycles. The summed E-state index contributed by atoms with van der Waals surface area (Å²) < 4.78 is 4.87. The zero-order chi connectivity index (χ0) is 21.2. The van der Waals surface area contributed by atoms with E-state index < -0.39 is 29.4 Å². The smallest absolute Gasteiger partial charge is 0.303 e. The highest BCUT2D eigenvalue weighted by Gasteiger charge is 2.69. The van der Waals surface area contributed by atoms with Crippen molar-refractivity contribution in [1.82, 2.24) is 0 Å². The van der Waals surface area contributed by atoms with Gasteiger partial charge in [0.05, 0.1) is 0 Å². The summed E-state index contributed by atoms with van der Waals surface area (Å²) in [5, 5.41) is 11.4. The lowest BCUT2D eigenvalue weighted by molar-refractivity contribution is -0.180. The second-order valence-corrected chi connectivity index (χ2v) is 10.4. The van der Waals surface area contributed by atoms with Gasteiger partial charge in [-0.2, -0.15) is 0 Å². The minimum Gasteiger partial charge on any atom is -0.458 e. The number of hydrogen-bond acceptors (Lipinski definition) is 6. The topological polar surface area (TPSA) is 97.7 Å². The molecule has 4 rings (SSSR count). The van der Waals surface area contributed by atoms with Gasteiger partial charge in [-0.15, -0.1) is 0 Å². The third-order valence-corrected chi connectivity index (χ3v) is 9.19. The zero-order valence-electron chi connectivity index (χ0n) is 17.7. The Hall–Kier alpha value is -1.56. The molecule has 0 saturated heterocycles. The van der Waals surface area contributed by atoms with E-state index in [2.05, 4.69) is 6.92 Å². The van der Waals surface area contributed by atoms with E-state index in [0.717, 1.165) is 19.3 Å². The van der Waals surface area contributed by atoms with Crippen molar-refractivity contribution in [3.63, 3.8) is 0 Å². The fourth-order valence-corrected chi connectivity index (χ4v) is 7.61. The van der Waals surface area contributed by atoms with Gasteiger partial charge in [0.15, 0.2) is 6.61 Å². The number of esters is 1. The van der Waals surface area contributed by atoms with Crippen LogP contribution in [-0.2, 0) is 23.9 Å². The Kier molecular flexibility index (Phi) is 4.80. The van der Waals surface area contributed by atoms with Crippen molar-refractivity contribution >= 4 is 23.3 Å². The van der Waals surface area contributed by atoms with Crippen molar-refractivity contribution in [3.05, 3.63) is 0 Å². The van der Waals surface area contributed by atoms with Crippen LogP contribution in [0, 0.1) is 34.5 Å². The summed E-state index contributed by atoms with van der Waals surface area (Å²) in [7, 11) is 0. The fraction of sp³-hybridized carbons (Fsp3) is 0.826. The van der Waals surface area contributed by atoms with Crippen molar-refractivity contribution in [3.8, 4) is 0 Å². The number of aliphatic hydroxyl groups is 1. The molecule has 0 bridgehead atoms. The third kappa shape index (κ3) is 2.85. The van der Waals surface area contributed by atoms with Gasteiger partial charge in [0, 0.05) is 37.5 Å². The molecule has 0 spiro atoms. The van der Waals surface area contributed by atoms with Gasteiger partial charge in [0.25, 0.3) is 0 Å². The largest absolute Gasteiger partial charge is 0.458 e. The Bertz CT molecular complexity index is 773. The molecule has 0 amide bonds. The SMILES string of the molecule is CC(=O)OCC(=O)[C@]1(O)CC[C@@H]2[C@H]3CC[C@H]4CC(=O)CC[C@]4(C)[C@@H]3C(=O)C[C@@]21C. The summed E-state index contributed by atoms with van der Waals surface area (Å²) in [5.74, 6) is -0.187. The maximum Gasteiger partial charge on any atom is 0.303 e. The van der Waals surface area contributed by atoms with E-state index in [1.165, 1.54) is 6.92 Å². The maximum absolute atomic E-state index is 13.5. The van der Waals surface area contributed by atoms with Gasteiger partial charge in [0.1, 0.15) is 17.2 Å². The van der Waals surface area contributed by atoms with Crippen LogP contribution < -0.4 is 0 Å². The molecular formula is C23H32O6. The summed E-state index contributed by atoms with van der Waals surface area (Å²) in [6, 6.07) is 0. The molecule has 4 aliphatic rings. The van der Waals surface area contributed by atoms with E-state index in [9.17, 15) is 24.3 Å². The van der Waals surface area contributed by atoms with Crippen LogP contribution in [0.15, 0.2) is 0 Å². The number of Topliss-reactive ketones (excluding diaryl/α,β-unsaturated/α-hetero) is 3. The fourth-order valence-electron chi connectivity index (χ4n) is 7.61. The number of ether oxygens (including phenoxy) is 1. The van der Waals surface area contributed by atoms with E-state index in [0.29, 0.717) is 31.5 Å². The monoisotopic (exact) mass is 404 g/mol. The molecule has 0 radical (unpaired) electrons. The normalized spacial score (nSPS) is 46.5. The van der Waals surface area contributed by atoms with Gasteiger partial charge >= 0.3 is 5.97 Å². The zero-order valence-corrected chi connectivity index (χ0v) is 17.7. The molecule has 4 aliphatic carbocycles. The van der Waals surface area contributed by atoms with Crippen molar-refractivity contribution in [1.29, 1.82) is 0 Å². The average Bonchev–Trinajstić information content (AvgIpc) is 2.91. The molecule has 6 heteroatoms. The number of carbonyl (C=O) groups excluding carboxylic acids is 4. The lowest BCUT2D eigenvalue weighted by Crippen LogP contribution is -2.62. The molecule has 4 fully saturated rings. The summed E-state index contributed by atoms with van der Waals surface area (Å²) in [6.45, 7) is 4.86. The van der Waals surface area contributed by atoms with Crippen LogP contribution in [0.5, 0.6) is 0 Å². The van der Waals surface area contributed by atoms with E-state index in [-0.39, 0.29) is 41.3 Å². The molecular weight excluding hydrogens is 372 g/mol. The Balaban J connectivity index is 1.64. The average molecular weight is 405 g/mol. The van der Waals surface area contributed by atoms with Crippen LogP contribution in [0.3, 0.4) is 0 Å². The minimum absolute atomic E-state index is 0.0849. The van der Waals surface area contributed by atoms with E-state index in [1.54, 1.807) is 0 Å². The Morgan fingerprint density at radius 2 is 1.86 bits per heavy atom. The van der Waals surface area contributed by atoms with Crippen LogP contribution in [0.2, 0.25) is 0 Å². The predicted octanol–water partition coefficient (Wildman–Crippen LogP) is 2.64. The maximum atomic E-state index is 13.5. The van der Waals surface area contributed by atoms with Gasteiger partial charge in [-0.05, 0) is 55.3 Å². The van der Waals surface area contributed by atoms with E-state index in [1.807, 2.05) is 6.92 Å². The van der Waals surface area contributed by atoms with Crippen LogP contribution in [0.1, 0.15) is 72.1 Å². The first kappa shape index (κ1) is 20.7. The molecule has 0 unspecified atom stereocenters. The Labute approximate surface area is 171 Å². The van der Waals surface area contributed by atoms with Crippen molar-refractivity contribution < 1.29 is 29.0 Å². The second kappa shape index (κ2) is 6.73. The first-order chi connectivity index (χ1) is 13.5. The van der Waals surface area contributed by atoms with Crippen molar-refractivity contribution in [2.75, 3.05) is 6.61 Å². The first-order valence-corrected chi connectivity index (χ1v) is 11.0. The lowest BCUT2D eigenvalue weighted by Gasteiger charge is -2.59. The number of fused-ring (bicyclic) bond motifs is 5. The number of rotatable bonds is 3. The van der Waals surface area contributed by atoms with Gasteiger partial charge in [-0.1, -0.05) is 13.8 Å². The molecule has 4 saturated carbocycles. The second-order valence-electron chi connectivity index (χ2n) is 10.4. The molecule has 160 valence electrons. The van der Waals surface area contributed by atoms with Crippen LogP contribution in [0.4, 0.5) is 0 Å². The van der Waals surface area contributed by atoms with Gasteiger partial charge in [-0.3, -0.25) is 19.2 Å². The Morgan fingerprint density at radius 1 is 1.14 bits per heavy atom. The van der Waals surface area contributed by atoms with Crippen LogP contribution in [0.25, 0.3) is 0 Å². The molecule has 6 nitrogen and oxygen atoms in total. The molecule has 29 heavy (non-hydrogen) atoms. The molecule has 0 aromatic heterocycles. The highest BCUT2D eigenvalue weighted by atomic mass is 16.5. The number of hydrogen-bond donors (Lipinski definition) is 1. The quantitative estimate of drug-likeness (QED) is 0.726. The standard InChI is InChI=1S/C23H32O6/c1-13(24)29-12-19(27)23(28)9-7-17-16-5-4-14-10-15(25)6-8-21(14,2)20(16)18(26)11-22(17,23)3/h14,16-17,20,28H,4-12H2,1-3H3/t14-,16+,17+,20-,21-,22-,23+/m0/s1. The summed E-state index contributed by atoms with van der Waals surface area (Å²) in [4.78, 5) is 49.5. The van der Waals surface area contributed by atoms with Crippen molar-refractivity contribution in [2.24, 2.45) is 34.5 Å². The highest BCUT2D eigenvalue weighted by molar-refractivity contribution is 5.93. The van der Waals surface area contributed by atoms with E-state index >= 15 is 0 Å². The highest BCUT2D eigenvalue weighted by Crippen LogP contribution is 2.67. The number of ketones is 3. The van der Waals surface area contributed by atoms with Crippen molar-refractivity contribution in [2.45, 2.75) is 77.7 Å². The van der Waals surface area contributed by atoms with Crippen LogP contribution >= 0.6 is 0 Å². The molecule has 1 N–H and O–H groups in total. The van der Waals surface area contributed by atoms with Gasteiger partial charge < -0.3 is 9.84 Å².